The Kier molecular flexibility index (Phi) is 5.99. The number of nitrogens with one attached hydrogen (secondary N) is 1. The number of rotatable bonds is 5. The number of amides is 1. The Morgan fingerprint density at radius 3 is 2.61 bits per heavy atom. The summed E-state index contributed by atoms with van der Waals surface area (Å²) >= 11 is 1.91. The molecule has 0 aliphatic heterocycles. The maximum atomic E-state index is 11.9. The van der Waals surface area contributed by atoms with Crippen molar-refractivity contribution in [2.75, 3.05) is 6.26 Å². The molecule has 106 valence electrons. The van der Waals surface area contributed by atoms with Crippen LogP contribution in [0.1, 0.15) is 52.9 Å². The van der Waals surface area contributed by atoms with Gasteiger partial charge in [0.15, 0.2) is 0 Å². The second-order valence-corrected chi connectivity index (χ2v) is 7.80. The van der Waals surface area contributed by atoms with E-state index in [1.807, 2.05) is 11.8 Å². The Hall–Kier alpha value is -0.220. The van der Waals surface area contributed by atoms with Crippen molar-refractivity contribution in [3.8, 4) is 0 Å². The van der Waals surface area contributed by atoms with Crippen LogP contribution >= 0.6 is 11.8 Å². The van der Waals surface area contributed by atoms with Crippen molar-refractivity contribution in [3.63, 3.8) is 0 Å². The third-order valence-electron chi connectivity index (χ3n) is 3.41. The fourth-order valence-corrected chi connectivity index (χ4v) is 3.47. The summed E-state index contributed by atoms with van der Waals surface area (Å²) in [5.74, 6) is 0.124. The Balaban J connectivity index is 2.25. The van der Waals surface area contributed by atoms with Crippen LogP contribution in [0.25, 0.3) is 0 Å². The fraction of sp³-hybridized carbons (Fsp3) is 0.929. The molecule has 0 aromatic carbocycles. The second-order valence-electron chi connectivity index (χ2n) is 6.66. The van der Waals surface area contributed by atoms with Crippen molar-refractivity contribution in [1.82, 2.24) is 5.32 Å². The first-order chi connectivity index (χ1) is 8.30. The number of carbonyl (C=O) groups excluding carboxylic acids is 1. The van der Waals surface area contributed by atoms with Gasteiger partial charge in [-0.2, -0.15) is 11.8 Å². The van der Waals surface area contributed by atoms with Crippen LogP contribution < -0.4 is 11.1 Å². The topological polar surface area (TPSA) is 55.1 Å². The van der Waals surface area contributed by atoms with Crippen LogP contribution in [0.5, 0.6) is 0 Å². The van der Waals surface area contributed by atoms with Crippen LogP contribution in [-0.4, -0.2) is 29.5 Å². The smallest absolute Gasteiger partial charge is 0.221 e. The predicted molar refractivity (Wildman–Crippen MR) is 79.7 cm³/mol. The molecule has 1 rings (SSSR count). The average molecular weight is 272 g/mol. The van der Waals surface area contributed by atoms with Gasteiger partial charge in [-0.1, -0.05) is 20.8 Å². The van der Waals surface area contributed by atoms with Crippen molar-refractivity contribution in [1.29, 1.82) is 0 Å². The zero-order valence-electron chi connectivity index (χ0n) is 12.2. The highest BCUT2D eigenvalue weighted by Crippen LogP contribution is 2.28. The zero-order valence-corrected chi connectivity index (χ0v) is 13.0. The average Bonchev–Trinajstić information content (AvgIpc) is 2.61. The predicted octanol–water partition coefficient (Wildman–Crippen LogP) is 2.54. The standard InChI is InChI=1S/C14H28N2OS/c1-14(2,3)9-10(15)7-13(17)16-11-5-6-12(8-11)18-4/h10-12H,5-9,15H2,1-4H3,(H,16,17). The highest BCUT2D eigenvalue weighted by molar-refractivity contribution is 7.99. The maximum Gasteiger partial charge on any atom is 0.221 e. The van der Waals surface area contributed by atoms with Gasteiger partial charge in [-0.05, 0) is 37.4 Å². The van der Waals surface area contributed by atoms with Gasteiger partial charge in [-0.25, -0.2) is 0 Å². The van der Waals surface area contributed by atoms with Gasteiger partial charge in [0.25, 0.3) is 0 Å². The maximum absolute atomic E-state index is 11.9. The van der Waals surface area contributed by atoms with Gasteiger partial charge in [0.05, 0.1) is 0 Å². The molecule has 18 heavy (non-hydrogen) atoms. The summed E-state index contributed by atoms with van der Waals surface area (Å²) in [6, 6.07) is 0.347. The van der Waals surface area contributed by atoms with E-state index in [-0.39, 0.29) is 17.4 Å². The van der Waals surface area contributed by atoms with E-state index in [0.717, 1.165) is 24.5 Å². The molecule has 0 saturated heterocycles. The fourth-order valence-electron chi connectivity index (χ4n) is 2.67. The van der Waals surface area contributed by atoms with Crippen LogP contribution in [0.4, 0.5) is 0 Å². The van der Waals surface area contributed by atoms with E-state index >= 15 is 0 Å². The number of thioether (sulfide) groups is 1. The number of nitrogens with two attached hydrogens (primary N) is 1. The Morgan fingerprint density at radius 2 is 2.11 bits per heavy atom. The normalized spacial score (nSPS) is 26.1. The lowest BCUT2D eigenvalue weighted by molar-refractivity contribution is -0.122. The first-order valence-electron chi connectivity index (χ1n) is 6.88. The first kappa shape index (κ1) is 15.8. The Labute approximate surface area is 116 Å². The molecular formula is C14H28N2OS. The van der Waals surface area contributed by atoms with Gasteiger partial charge in [-0.3, -0.25) is 4.79 Å². The molecule has 4 heteroatoms. The Morgan fingerprint density at radius 1 is 1.44 bits per heavy atom. The SMILES string of the molecule is CSC1CCC(NC(=O)CC(N)CC(C)(C)C)C1. The minimum absolute atomic E-state index is 0.0252. The number of carbonyl (C=O) groups is 1. The second kappa shape index (κ2) is 6.80. The van der Waals surface area contributed by atoms with Gasteiger partial charge in [0, 0.05) is 23.8 Å². The largest absolute Gasteiger partial charge is 0.353 e. The Bertz CT molecular complexity index is 275. The van der Waals surface area contributed by atoms with Crippen LogP contribution in [-0.2, 0) is 4.79 Å². The quantitative estimate of drug-likeness (QED) is 0.808. The van der Waals surface area contributed by atoms with Gasteiger partial charge in [0.2, 0.25) is 5.91 Å². The van der Waals surface area contributed by atoms with E-state index in [1.54, 1.807) is 0 Å². The third kappa shape index (κ3) is 6.10. The molecule has 1 saturated carbocycles. The zero-order chi connectivity index (χ0) is 13.8. The molecule has 0 heterocycles. The summed E-state index contributed by atoms with van der Waals surface area (Å²) in [5, 5.41) is 3.85. The first-order valence-corrected chi connectivity index (χ1v) is 8.16. The highest BCUT2D eigenvalue weighted by atomic mass is 32.2. The molecule has 3 atom stereocenters. The van der Waals surface area contributed by atoms with E-state index in [4.69, 9.17) is 5.73 Å². The van der Waals surface area contributed by atoms with Crippen molar-refractivity contribution in [3.05, 3.63) is 0 Å². The minimum atomic E-state index is -0.0252. The van der Waals surface area contributed by atoms with E-state index in [9.17, 15) is 4.79 Å². The molecule has 1 aliphatic rings. The molecule has 3 unspecified atom stereocenters. The summed E-state index contributed by atoms with van der Waals surface area (Å²) in [5.41, 5.74) is 6.21. The van der Waals surface area contributed by atoms with Crippen molar-refractivity contribution in [2.45, 2.75) is 70.2 Å². The van der Waals surface area contributed by atoms with E-state index in [0.29, 0.717) is 12.5 Å². The van der Waals surface area contributed by atoms with Crippen LogP contribution in [0.2, 0.25) is 0 Å². The van der Waals surface area contributed by atoms with Gasteiger partial charge < -0.3 is 11.1 Å². The van der Waals surface area contributed by atoms with Crippen LogP contribution in [0.15, 0.2) is 0 Å². The molecule has 0 aromatic heterocycles. The van der Waals surface area contributed by atoms with E-state index in [1.165, 1.54) is 6.42 Å². The highest BCUT2D eigenvalue weighted by Gasteiger charge is 2.26. The molecule has 1 aliphatic carbocycles. The molecule has 1 fully saturated rings. The van der Waals surface area contributed by atoms with E-state index in [2.05, 4.69) is 32.3 Å². The molecular weight excluding hydrogens is 244 g/mol. The molecule has 0 radical (unpaired) electrons. The van der Waals surface area contributed by atoms with E-state index < -0.39 is 0 Å². The van der Waals surface area contributed by atoms with Crippen molar-refractivity contribution in [2.24, 2.45) is 11.1 Å². The molecule has 1 amide bonds. The molecule has 3 N–H and O–H groups in total. The van der Waals surface area contributed by atoms with Crippen LogP contribution in [0, 0.1) is 5.41 Å². The van der Waals surface area contributed by atoms with Gasteiger partial charge >= 0.3 is 0 Å². The summed E-state index contributed by atoms with van der Waals surface area (Å²) in [4.78, 5) is 11.9. The molecule has 0 spiro atoms. The van der Waals surface area contributed by atoms with Crippen molar-refractivity contribution >= 4 is 17.7 Å². The number of hydrogen-bond acceptors (Lipinski definition) is 3. The summed E-state index contributed by atoms with van der Waals surface area (Å²) < 4.78 is 0. The summed E-state index contributed by atoms with van der Waals surface area (Å²) in [6.45, 7) is 6.47. The van der Waals surface area contributed by atoms with Gasteiger partial charge in [0.1, 0.15) is 0 Å². The molecule has 3 nitrogen and oxygen atoms in total. The summed E-state index contributed by atoms with van der Waals surface area (Å²) in [7, 11) is 0. The lowest BCUT2D eigenvalue weighted by Crippen LogP contribution is -2.38. The number of hydrogen-bond donors (Lipinski definition) is 2. The molecule has 0 aromatic rings. The third-order valence-corrected chi connectivity index (χ3v) is 4.50. The lowest BCUT2D eigenvalue weighted by Gasteiger charge is -2.23. The lowest BCUT2D eigenvalue weighted by atomic mass is 9.87. The van der Waals surface area contributed by atoms with Crippen molar-refractivity contribution < 1.29 is 4.79 Å². The van der Waals surface area contributed by atoms with Gasteiger partial charge in [-0.15, -0.1) is 0 Å². The monoisotopic (exact) mass is 272 g/mol. The summed E-state index contributed by atoms with van der Waals surface area (Å²) in [6.07, 6.45) is 6.94. The molecule has 0 bridgehead atoms. The van der Waals surface area contributed by atoms with Crippen LogP contribution in [0.3, 0.4) is 0 Å². The minimum Gasteiger partial charge on any atom is -0.353 e.